The summed E-state index contributed by atoms with van der Waals surface area (Å²) >= 11 is 5.91. The van der Waals surface area contributed by atoms with Gasteiger partial charge in [0.05, 0.1) is 6.10 Å². The molecular formula is C18H13ClF2N2O3. The van der Waals surface area contributed by atoms with E-state index in [0.29, 0.717) is 16.3 Å². The van der Waals surface area contributed by atoms with E-state index < -0.39 is 23.6 Å². The van der Waals surface area contributed by atoms with Gasteiger partial charge in [-0.2, -0.15) is 0 Å². The van der Waals surface area contributed by atoms with E-state index in [4.69, 9.17) is 16.1 Å². The molecule has 0 bridgehead atoms. The average Bonchev–Trinajstić information content (AvgIpc) is 3.12. The maximum absolute atomic E-state index is 13.2. The van der Waals surface area contributed by atoms with Gasteiger partial charge in [0.25, 0.3) is 5.91 Å². The second-order valence-corrected chi connectivity index (χ2v) is 5.92. The van der Waals surface area contributed by atoms with E-state index in [2.05, 4.69) is 10.5 Å². The van der Waals surface area contributed by atoms with Gasteiger partial charge in [-0.25, -0.2) is 8.78 Å². The lowest BCUT2D eigenvalue weighted by Gasteiger charge is -2.11. The number of aliphatic hydroxyl groups excluding tert-OH is 1. The maximum atomic E-state index is 13.2. The van der Waals surface area contributed by atoms with Crippen molar-refractivity contribution >= 4 is 17.5 Å². The molecule has 3 aromatic rings. The van der Waals surface area contributed by atoms with E-state index in [1.807, 2.05) is 0 Å². The minimum Gasteiger partial charge on any atom is -0.387 e. The van der Waals surface area contributed by atoms with Crippen LogP contribution in [0.25, 0.3) is 11.3 Å². The number of rotatable bonds is 5. The molecule has 0 unspecified atom stereocenters. The van der Waals surface area contributed by atoms with Gasteiger partial charge in [-0.3, -0.25) is 4.79 Å². The van der Waals surface area contributed by atoms with Crippen molar-refractivity contribution in [3.05, 3.63) is 76.4 Å². The first-order valence-corrected chi connectivity index (χ1v) is 7.95. The minimum absolute atomic E-state index is 0.0115. The molecule has 0 saturated heterocycles. The van der Waals surface area contributed by atoms with Gasteiger partial charge in [-0.05, 0) is 29.8 Å². The zero-order valence-electron chi connectivity index (χ0n) is 13.2. The van der Waals surface area contributed by atoms with Crippen LogP contribution in [0, 0.1) is 11.6 Å². The summed E-state index contributed by atoms with van der Waals surface area (Å²) in [5.74, 6) is -2.31. The van der Waals surface area contributed by atoms with Crippen LogP contribution >= 0.6 is 11.6 Å². The molecule has 3 rings (SSSR count). The topological polar surface area (TPSA) is 75.4 Å². The van der Waals surface area contributed by atoms with Gasteiger partial charge in [0.1, 0.15) is 0 Å². The number of carbonyl (C=O) groups is 1. The second kappa shape index (κ2) is 7.63. The molecule has 5 nitrogen and oxygen atoms in total. The van der Waals surface area contributed by atoms with Crippen molar-refractivity contribution < 1.29 is 23.2 Å². The van der Waals surface area contributed by atoms with Crippen LogP contribution in [0.15, 0.2) is 53.1 Å². The summed E-state index contributed by atoms with van der Waals surface area (Å²) in [5, 5.41) is 16.6. The Bertz CT molecular complexity index is 946. The molecule has 2 aromatic carbocycles. The fraction of sp³-hybridized carbons (Fsp3) is 0.111. The molecule has 0 saturated carbocycles. The van der Waals surface area contributed by atoms with Gasteiger partial charge in [0, 0.05) is 23.2 Å². The molecule has 0 fully saturated rings. The van der Waals surface area contributed by atoms with Crippen LogP contribution in [0.5, 0.6) is 0 Å². The smallest absolute Gasteiger partial charge is 0.273 e. The number of aliphatic hydroxyl groups is 1. The lowest BCUT2D eigenvalue weighted by molar-refractivity contribution is 0.0907. The highest BCUT2D eigenvalue weighted by Gasteiger charge is 2.16. The fourth-order valence-corrected chi connectivity index (χ4v) is 2.47. The van der Waals surface area contributed by atoms with Gasteiger partial charge < -0.3 is 14.9 Å². The van der Waals surface area contributed by atoms with E-state index in [1.54, 1.807) is 24.3 Å². The van der Waals surface area contributed by atoms with E-state index >= 15 is 0 Å². The van der Waals surface area contributed by atoms with Crippen molar-refractivity contribution in [2.45, 2.75) is 6.10 Å². The molecule has 0 aliphatic heterocycles. The molecular weight excluding hydrogens is 366 g/mol. The summed E-state index contributed by atoms with van der Waals surface area (Å²) in [6, 6.07) is 11.3. The molecule has 26 heavy (non-hydrogen) atoms. The first-order chi connectivity index (χ1) is 12.4. The Morgan fingerprint density at radius 3 is 2.73 bits per heavy atom. The second-order valence-electron chi connectivity index (χ2n) is 5.49. The van der Waals surface area contributed by atoms with Crippen LogP contribution in [-0.4, -0.2) is 22.7 Å². The third kappa shape index (κ3) is 4.07. The molecule has 0 radical (unpaired) electrons. The van der Waals surface area contributed by atoms with Gasteiger partial charge >= 0.3 is 0 Å². The molecule has 2 N–H and O–H groups in total. The lowest BCUT2D eigenvalue weighted by Crippen LogP contribution is -2.28. The first kappa shape index (κ1) is 18.0. The predicted molar refractivity (Wildman–Crippen MR) is 90.6 cm³/mol. The summed E-state index contributed by atoms with van der Waals surface area (Å²) in [6.45, 7) is -0.205. The highest BCUT2D eigenvalue weighted by molar-refractivity contribution is 6.30. The lowest BCUT2D eigenvalue weighted by atomic mass is 10.1. The molecule has 1 aromatic heterocycles. The fourth-order valence-electron chi connectivity index (χ4n) is 2.28. The van der Waals surface area contributed by atoms with E-state index in [9.17, 15) is 18.7 Å². The number of benzene rings is 2. The van der Waals surface area contributed by atoms with Gasteiger partial charge in [-0.1, -0.05) is 35.0 Å². The highest BCUT2D eigenvalue weighted by atomic mass is 35.5. The van der Waals surface area contributed by atoms with Crippen molar-refractivity contribution in [2.24, 2.45) is 0 Å². The quantitative estimate of drug-likeness (QED) is 0.709. The van der Waals surface area contributed by atoms with Crippen molar-refractivity contribution in [3.8, 4) is 11.3 Å². The zero-order chi connectivity index (χ0) is 18.7. The molecule has 1 heterocycles. The number of nitrogens with one attached hydrogen (secondary N) is 1. The van der Waals surface area contributed by atoms with Gasteiger partial charge in [0.2, 0.25) is 0 Å². The number of nitrogens with zero attached hydrogens (tertiary/aromatic N) is 1. The maximum Gasteiger partial charge on any atom is 0.273 e. The number of carbonyl (C=O) groups excluding carboxylic acids is 1. The number of hydrogen-bond acceptors (Lipinski definition) is 4. The van der Waals surface area contributed by atoms with Gasteiger partial charge in [-0.15, -0.1) is 0 Å². The molecule has 0 spiro atoms. The van der Waals surface area contributed by atoms with E-state index in [0.717, 1.165) is 12.1 Å². The summed E-state index contributed by atoms with van der Waals surface area (Å²) in [4.78, 5) is 12.1. The standard InChI is InChI=1S/C18H13ClF2N2O3/c19-12-3-1-2-11(6-12)17-8-15(23-26-17)18(25)22-9-16(24)10-4-5-13(20)14(21)7-10/h1-8,16,24H,9H2,(H,22,25)/t16-/m1/s1. The monoisotopic (exact) mass is 378 g/mol. The summed E-state index contributed by atoms with van der Waals surface area (Å²) in [6.07, 6.45) is -1.20. The molecule has 0 aliphatic rings. The first-order valence-electron chi connectivity index (χ1n) is 7.58. The Balaban J connectivity index is 1.64. The summed E-state index contributed by atoms with van der Waals surface area (Å²) in [7, 11) is 0. The predicted octanol–water partition coefficient (Wildman–Crippen LogP) is 3.74. The Hall–Kier alpha value is -2.77. The molecule has 1 atom stereocenters. The van der Waals surface area contributed by atoms with Crippen LogP contribution in [0.2, 0.25) is 5.02 Å². The zero-order valence-corrected chi connectivity index (χ0v) is 14.0. The normalized spacial score (nSPS) is 12.0. The molecule has 8 heteroatoms. The molecule has 1 amide bonds. The largest absolute Gasteiger partial charge is 0.387 e. The van der Waals surface area contributed by atoms with Crippen LogP contribution in [0.4, 0.5) is 8.78 Å². The van der Waals surface area contributed by atoms with Crippen molar-refractivity contribution in [1.29, 1.82) is 0 Å². The third-order valence-electron chi connectivity index (χ3n) is 3.64. The van der Waals surface area contributed by atoms with Crippen LogP contribution in [-0.2, 0) is 0 Å². The number of hydrogen-bond donors (Lipinski definition) is 2. The summed E-state index contributed by atoms with van der Waals surface area (Å²) in [5.41, 5.74) is 0.812. The Morgan fingerprint density at radius 2 is 2.00 bits per heavy atom. The number of halogens is 3. The van der Waals surface area contributed by atoms with Gasteiger partial charge in [0.15, 0.2) is 23.1 Å². The van der Waals surface area contributed by atoms with E-state index in [-0.39, 0.29) is 17.8 Å². The Labute approximate surface area is 152 Å². The highest BCUT2D eigenvalue weighted by Crippen LogP contribution is 2.23. The average molecular weight is 379 g/mol. The molecule has 0 aliphatic carbocycles. The molecule has 134 valence electrons. The SMILES string of the molecule is O=C(NC[C@@H](O)c1ccc(F)c(F)c1)c1cc(-c2cccc(Cl)c2)on1. The van der Waals surface area contributed by atoms with E-state index in [1.165, 1.54) is 12.1 Å². The van der Waals surface area contributed by atoms with Crippen LogP contribution in [0.1, 0.15) is 22.2 Å². The van der Waals surface area contributed by atoms with Crippen molar-refractivity contribution in [2.75, 3.05) is 6.54 Å². The van der Waals surface area contributed by atoms with Crippen LogP contribution < -0.4 is 5.32 Å². The van der Waals surface area contributed by atoms with Crippen LogP contribution in [0.3, 0.4) is 0 Å². The Kier molecular flexibility index (Phi) is 5.29. The number of amides is 1. The Morgan fingerprint density at radius 1 is 1.19 bits per heavy atom. The third-order valence-corrected chi connectivity index (χ3v) is 3.87. The minimum atomic E-state index is -1.20. The van der Waals surface area contributed by atoms with Crippen molar-refractivity contribution in [3.63, 3.8) is 0 Å². The van der Waals surface area contributed by atoms with Crippen molar-refractivity contribution in [1.82, 2.24) is 10.5 Å². The summed E-state index contributed by atoms with van der Waals surface area (Å²) < 4.78 is 31.2. The number of aromatic nitrogens is 1.